The van der Waals surface area contributed by atoms with Gasteiger partial charge in [-0.25, -0.2) is 0 Å². The molecule has 0 fully saturated rings. The van der Waals surface area contributed by atoms with Crippen molar-refractivity contribution in [2.24, 2.45) is 0 Å². The molecule has 0 N–H and O–H groups in total. The van der Waals surface area contributed by atoms with Gasteiger partial charge in [-0.3, -0.25) is 9.59 Å². The number of carbonyl (C=O) groups excluding carboxylic acids is 2. The first-order valence-corrected chi connectivity index (χ1v) is 14.5. The Bertz CT molecular complexity index is 1290. The summed E-state index contributed by atoms with van der Waals surface area (Å²) in [6.45, 7) is 8.86. The Morgan fingerprint density at radius 1 is 0.524 bits per heavy atom. The van der Waals surface area contributed by atoms with Crippen LogP contribution in [0.15, 0.2) is 109 Å². The Hall–Kier alpha value is -4.58. The Labute approximate surface area is 249 Å². The maximum atomic E-state index is 13.5. The van der Waals surface area contributed by atoms with Crippen molar-refractivity contribution in [1.29, 1.82) is 0 Å². The molecule has 4 aromatic carbocycles. The third kappa shape index (κ3) is 8.46. The summed E-state index contributed by atoms with van der Waals surface area (Å²) in [5.74, 6) is 1.72. The maximum Gasteiger partial charge on any atom is 0.264 e. The lowest BCUT2D eigenvalue weighted by atomic mass is 10.0. The van der Waals surface area contributed by atoms with Gasteiger partial charge in [-0.15, -0.1) is 0 Å². The van der Waals surface area contributed by atoms with Crippen LogP contribution in [0.5, 0.6) is 11.5 Å². The predicted octanol–water partition coefficient (Wildman–Crippen LogP) is 7.46. The van der Waals surface area contributed by atoms with Gasteiger partial charge < -0.3 is 19.3 Å². The first kappa shape index (κ1) is 30.4. The van der Waals surface area contributed by atoms with Crippen LogP contribution >= 0.6 is 0 Å². The van der Waals surface area contributed by atoms with E-state index in [0.717, 1.165) is 11.4 Å². The molecule has 0 unspecified atom stereocenters. The van der Waals surface area contributed by atoms with Crippen LogP contribution < -0.4 is 19.3 Å². The molecule has 2 amide bonds. The summed E-state index contributed by atoms with van der Waals surface area (Å²) in [6.07, 6.45) is 0. The summed E-state index contributed by atoms with van der Waals surface area (Å²) in [5.41, 5.74) is 3.90. The van der Waals surface area contributed by atoms with Gasteiger partial charge in [0.15, 0.2) is 13.2 Å². The number of benzene rings is 4. The molecule has 0 aliphatic rings. The van der Waals surface area contributed by atoms with Crippen molar-refractivity contribution < 1.29 is 19.1 Å². The van der Waals surface area contributed by atoms with E-state index in [1.54, 1.807) is 9.80 Å². The third-order valence-corrected chi connectivity index (χ3v) is 7.10. The molecule has 42 heavy (non-hydrogen) atoms. The molecule has 0 spiro atoms. The second-order valence-electron chi connectivity index (χ2n) is 10.8. The molecule has 218 valence electrons. The summed E-state index contributed by atoms with van der Waals surface area (Å²) in [6, 6.07) is 34.5. The average Bonchev–Trinajstić information content (AvgIpc) is 3.02. The maximum absolute atomic E-state index is 13.5. The Morgan fingerprint density at radius 2 is 0.857 bits per heavy atom. The molecular formula is C36H40N2O4. The lowest BCUT2D eigenvalue weighted by molar-refractivity contribution is -0.122. The van der Waals surface area contributed by atoms with Crippen molar-refractivity contribution in [3.63, 3.8) is 0 Å². The smallest absolute Gasteiger partial charge is 0.264 e. The normalized spacial score (nSPS) is 10.9. The van der Waals surface area contributed by atoms with Crippen LogP contribution in [0, 0.1) is 0 Å². The number of hydrogen-bond donors (Lipinski definition) is 0. The number of carbonyl (C=O) groups is 2. The van der Waals surface area contributed by atoms with Gasteiger partial charge in [-0.1, -0.05) is 88.4 Å². The largest absolute Gasteiger partial charge is 0.484 e. The van der Waals surface area contributed by atoms with Gasteiger partial charge in [0.1, 0.15) is 11.5 Å². The molecule has 0 aliphatic carbocycles. The van der Waals surface area contributed by atoms with E-state index in [1.807, 2.05) is 109 Å². The fourth-order valence-electron chi connectivity index (χ4n) is 4.56. The topological polar surface area (TPSA) is 59.1 Å². The highest BCUT2D eigenvalue weighted by Gasteiger charge is 2.22. The number of para-hydroxylation sites is 2. The van der Waals surface area contributed by atoms with Crippen LogP contribution in [0.1, 0.15) is 50.7 Å². The fraction of sp³-hybridized carbons (Fsp3) is 0.278. The van der Waals surface area contributed by atoms with E-state index in [1.165, 1.54) is 11.1 Å². The number of hydrogen-bond acceptors (Lipinski definition) is 4. The van der Waals surface area contributed by atoms with Gasteiger partial charge in [0.05, 0.1) is 0 Å². The van der Waals surface area contributed by atoms with Gasteiger partial charge in [0.2, 0.25) is 0 Å². The number of ether oxygens (including phenoxy) is 2. The summed E-state index contributed by atoms with van der Waals surface area (Å²) in [5, 5.41) is 0. The zero-order valence-electron chi connectivity index (χ0n) is 24.9. The van der Waals surface area contributed by atoms with Crippen LogP contribution in [-0.2, 0) is 9.59 Å². The quantitative estimate of drug-likeness (QED) is 0.169. The van der Waals surface area contributed by atoms with E-state index >= 15 is 0 Å². The van der Waals surface area contributed by atoms with Crippen molar-refractivity contribution >= 4 is 23.2 Å². The lowest BCUT2D eigenvalue weighted by Gasteiger charge is -2.28. The first-order valence-electron chi connectivity index (χ1n) is 14.5. The molecule has 0 saturated heterocycles. The molecule has 0 saturated carbocycles. The SMILES string of the molecule is CC(C)c1ccc(OCC(=O)N(CCN(C(=O)COc2ccc(C(C)C)cc2)c2ccccc2)c2ccccc2)cc1. The summed E-state index contributed by atoms with van der Waals surface area (Å²) >= 11 is 0. The van der Waals surface area contributed by atoms with E-state index < -0.39 is 0 Å². The Morgan fingerprint density at radius 3 is 1.17 bits per heavy atom. The van der Waals surface area contributed by atoms with E-state index in [4.69, 9.17) is 9.47 Å². The molecule has 0 aromatic heterocycles. The van der Waals surface area contributed by atoms with Crippen LogP contribution in [0.25, 0.3) is 0 Å². The van der Waals surface area contributed by atoms with Gasteiger partial charge >= 0.3 is 0 Å². The van der Waals surface area contributed by atoms with Gasteiger partial charge in [-0.05, 0) is 71.5 Å². The van der Waals surface area contributed by atoms with Crippen LogP contribution in [0.2, 0.25) is 0 Å². The van der Waals surface area contributed by atoms with Gasteiger partial charge in [-0.2, -0.15) is 0 Å². The summed E-state index contributed by atoms with van der Waals surface area (Å²) in [7, 11) is 0. The van der Waals surface area contributed by atoms with Crippen molar-refractivity contribution in [3.8, 4) is 11.5 Å². The molecular weight excluding hydrogens is 524 g/mol. The molecule has 0 atom stereocenters. The van der Waals surface area contributed by atoms with Crippen LogP contribution in [-0.4, -0.2) is 38.1 Å². The molecule has 0 aliphatic heterocycles. The Kier molecular flexibility index (Phi) is 10.8. The van der Waals surface area contributed by atoms with Crippen molar-refractivity contribution in [3.05, 3.63) is 120 Å². The first-order chi connectivity index (χ1) is 20.3. The number of rotatable bonds is 13. The Balaban J connectivity index is 1.46. The highest BCUT2D eigenvalue weighted by atomic mass is 16.5. The second kappa shape index (κ2) is 14.9. The summed E-state index contributed by atoms with van der Waals surface area (Å²) < 4.78 is 11.7. The highest BCUT2D eigenvalue weighted by Crippen LogP contribution is 2.22. The lowest BCUT2D eigenvalue weighted by Crippen LogP contribution is -2.44. The number of anilines is 2. The molecule has 0 radical (unpaired) electrons. The van der Waals surface area contributed by atoms with Gasteiger partial charge in [0, 0.05) is 24.5 Å². The molecule has 4 aromatic rings. The minimum atomic E-state index is -0.198. The minimum absolute atomic E-state index is 0.120. The number of nitrogens with zero attached hydrogens (tertiary/aromatic N) is 2. The van der Waals surface area contributed by atoms with E-state index in [9.17, 15) is 9.59 Å². The molecule has 0 heterocycles. The molecule has 6 nitrogen and oxygen atoms in total. The molecule has 6 heteroatoms. The molecule has 4 rings (SSSR count). The fourth-order valence-corrected chi connectivity index (χ4v) is 4.56. The zero-order valence-corrected chi connectivity index (χ0v) is 24.9. The highest BCUT2D eigenvalue weighted by molar-refractivity contribution is 5.96. The zero-order chi connectivity index (χ0) is 29.9. The van der Waals surface area contributed by atoms with Crippen molar-refractivity contribution in [2.75, 3.05) is 36.1 Å². The predicted molar refractivity (Wildman–Crippen MR) is 170 cm³/mol. The monoisotopic (exact) mass is 564 g/mol. The standard InChI is InChI=1S/C36H40N2O4/c1-27(2)29-15-19-33(20-16-29)41-25-35(39)37(31-11-7-5-8-12-31)23-24-38(32-13-9-6-10-14-32)36(40)26-42-34-21-17-30(18-22-34)28(3)4/h5-22,27-28H,23-26H2,1-4H3. The number of amides is 2. The van der Waals surface area contributed by atoms with Gasteiger partial charge in [0.25, 0.3) is 11.8 Å². The van der Waals surface area contributed by atoms with E-state index in [-0.39, 0.29) is 38.1 Å². The van der Waals surface area contributed by atoms with E-state index in [0.29, 0.717) is 23.3 Å². The summed E-state index contributed by atoms with van der Waals surface area (Å²) in [4.78, 5) is 30.3. The van der Waals surface area contributed by atoms with Crippen LogP contribution in [0.4, 0.5) is 11.4 Å². The van der Waals surface area contributed by atoms with E-state index in [2.05, 4.69) is 27.7 Å². The average molecular weight is 565 g/mol. The van der Waals surface area contributed by atoms with Crippen molar-refractivity contribution in [1.82, 2.24) is 0 Å². The minimum Gasteiger partial charge on any atom is -0.484 e. The third-order valence-electron chi connectivity index (χ3n) is 7.10. The molecule has 0 bridgehead atoms. The second-order valence-corrected chi connectivity index (χ2v) is 10.8. The van der Waals surface area contributed by atoms with Crippen LogP contribution in [0.3, 0.4) is 0 Å². The van der Waals surface area contributed by atoms with Crippen molar-refractivity contribution in [2.45, 2.75) is 39.5 Å².